The van der Waals surface area contributed by atoms with Crippen molar-refractivity contribution in [2.45, 2.75) is 82.1 Å². The van der Waals surface area contributed by atoms with Gasteiger partial charge in [0.15, 0.2) is 5.58 Å². The Balaban J connectivity index is 0.962. The van der Waals surface area contributed by atoms with Crippen molar-refractivity contribution in [1.29, 1.82) is 10.5 Å². The fraction of sp³-hybridized carbons (Fsp3) is 0.212. The van der Waals surface area contributed by atoms with Crippen molar-refractivity contribution in [2.75, 3.05) is 9.80 Å². The van der Waals surface area contributed by atoms with Gasteiger partial charge in [-0.25, -0.2) is 0 Å². The number of benzene rings is 9. The number of nitriles is 2. The first-order valence-corrected chi connectivity index (χ1v) is 26.1. The molecular weight excluding hydrogens is 881 g/mol. The van der Waals surface area contributed by atoms with Crippen LogP contribution in [0.2, 0.25) is 0 Å². The first-order chi connectivity index (χ1) is 35.6. The summed E-state index contributed by atoms with van der Waals surface area (Å²) in [4.78, 5) is 4.68. The molecule has 1 aliphatic heterocycles. The number of nitrogens with zero attached hydrogens (tertiary/aromatic N) is 4. The van der Waals surface area contributed by atoms with Gasteiger partial charge in [0.25, 0.3) is 0 Å². The average molecular weight is 933 g/mol. The third kappa shape index (κ3) is 6.73. The number of hydrogen-bond donors (Lipinski definition) is 0. The molecule has 2 fully saturated rings. The van der Waals surface area contributed by atoms with Crippen molar-refractivity contribution in [3.63, 3.8) is 0 Å². The van der Waals surface area contributed by atoms with Crippen molar-refractivity contribution >= 4 is 88.4 Å². The third-order valence-corrected chi connectivity index (χ3v) is 16.6. The van der Waals surface area contributed by atoms with E-state index >= 15 is 0 Å². The van der Waals surface area contributed by atoms with E-state index in [0.29, 0.717) is 23.0 Å². The number of allylic oxidation sites excluding steroid dienone is 2. The molecule has 10 aromatic rings. The summed E-state index contributed by atoms with van der Waals surface area (Å²) in [5.74, 6) is 2.10. The Morgan fingerprint density at radius 1 is 0.458 bits per heavy atom. The lowest BCUT2D eigenvalue weighted by atomic mass is 9.76. The van der Waals surface area contributed by atoms with Crippen molar-refractivity contribution < 1.29 is 9.15 Å². The van der Waals surface area contributed by atoms with Crippen LogP contribution in [-0.2, 0) is 0 Å². The van der Waals surface area contributed by atoms with Crippen LogP contribution >= 0.6 is 0 Å². The van der Waals surface area contributed by atoms with E-state index < -0.39 is 0 Å². The van der Waals surface area contributed by atoms with Crippen molar-refractivity contribution in [1.82, 2.24) is 0 Å². The minimum atomic E-state index is -0.0276. The number of fused-ring (bicyclic) bond motifs is 6. The Hall–Kier alpha value is -8.32. The molecule has 4 aliphatic rings. The summed E-state index contributed by atoms with van der Waals surface area (Å²) in [7, 11) is 0. The zero-order valence-electron chi connectivity index (χ0n) is 40.2. The first kappa shape index (κ1) is 42.5. The zero-order valence-corrected chi connectivity index (χ0v) is 40.2. The highest BCUT2D eigenvalue weighted by Gasteiger charge is 2.41. The predicted octanol–water partition coefficient (Wildman–Crippen LogP) is 18.1. The summed E-state index contributed by atoms with van der Waals surface area (Å²) < 4.78 is 14.5. The summed E-state index contributed by atoms with van der Waals surface area (Å²) >= 11 is 0. The van der Waals surface area contributed by atoms with E-state index in [1.54, 1.807) is 0 Å². The lowest BCUT2D eigenvalue weighted by Gasteiger charge is -2.32. The van der Waals surface area contributed by atoms with E-state index in [4.69, 9.17) is 9.15 Å². The number of para-hydroxylation sites is 3. The number of furan rings is 1. The summed E-state index contributed by atoms with van der Waals surface area (Å²) in [6, 6.07) is 58.5. The second-order valence-electron chi connectivity index (χ2n) is 20.5. The molecule has 0 amide bonds. The zero-order chi connectivity index (χ0) is 47.9. The summed E-state index contributed by atoms with van der Waals surface area (Å²) in [5, 5.41) is 29.0. The van der Waals surface area contributed by atoms with Gasteiger partial charge in [-0.2, -0.15) is 10.5 Å². The van der Waals surface area contributed by atoms with Crippen molar-refractivity contribution in [3.8, 4) is 17.9 Å². The molecule has 0 bridgehead atoms. The molecule has 6 nitrogen and oxygen atoms in total. The van der Waals surface area contributed by atoms with E-state index in [1.807, 2.05) is 24.3 Å². The molecule has 9 aromatic carbocycles. The molecule has 2 saturated carbocycles. The molecule has 2 atom stereocenters. The number of anilines is 6. The van der Waals surface area contributed by atoms with E-state index in [2.05, 4.69) is 168 Å². The highest BCUT2D eigenvalue weighted by molar-refractivity contribution is 6.28. The predicted molar refractivity (Wildman–Crippen MR) is 293 cm³/mol. The quantitative estimate of drug-likeness (QED) is 0.141. The average Bonchev–Trinajstić information content (AvgIpc) is 4.04. The Morgan fingerprint density at radius 3 is 1.61 bits per heavy atom. The largest absolute Gasteiger partial charge is 0.483 e. The van der Waals surface area contributed by atoms with E-state index in [1.165, 1.54) is 91.7 Å². The molecule has 0 radical (unpaired) electrons. The molecule has 2 heterocycles. The van der Waals surface area contributed by atoms with Gasteiger partial charge < -0.3 is 19.0 Å². The minimum absolute atomic E-state index is 0.0276. The van der Waals surface area contributed by atoms with Gasteiger partial charge in [-0.15, -0.1) is 0 Å². The molecular formula is C66H52N4O2. The van der Waals surface area contributed by atoms with Gasteiger partial charge in [0.1, 0.15) is 17.4 Å². The van der Waals surface area contributed by atoms with Crippen LogP contribution in [0.1, 0.15) is 98.3 Å². The Kier molecular flexibility index (Phi) is 10.2. The molecule has 0 spiro atoms. The molecule has 1 aromatic heterocycles. The van der Waals surface area contributed by atoms with Crippen LogP contribution in [-0.4, -0.2) is 6.10 Å². The highest BCUT2D eigenvalue weighted by atomic mass is 16.5. The molecule has 2 unspecified atom stereocenters. The summed E-state index contributed by atoms with van der Waals surface area (Å²) in [6.45, 7) is 0. The number of ether oxygens (including phenoxy) is 1. The molecule has 0 N–H and O–H groups in total. The minimum Gasteiger partial charge on any atom is -0.483 e. The number of hydrogen-bond acceptors (Lipinski definition) is 6. The van der Waals surface area contributed by atoms with Crippen molar-refractivity contribution in [3.05, 3.63) is 198 Å². The van der Waals surface area contributed by atoms with Gasteiger partial charge in [-0.1, -0.05) is 136 Å². The maximum absolute atomic E-state index is 9.94. The van der Waals surface area contributed by atoms with Gasteiger partial charge in [-0.05, 0) is 143 Å². The normalized spacial score (nSPS) is 18.0. The van der Waals surface area contributed by atoms with Gasteiger partial charge >= 0.3 is 0 Å². The van der Waals surface area contributed by atoms with Crippen LogP contribution in [0.5, 0.6) is 5.75 Å². The van der Waals surface area contributed by atoms with Crippen LogP contribution in [0.15, 0.2) is 180 Å². The maximum Gasteiger partial charge on any atom is 0.159 e. The summed E-state index contributed by atoms with van der Waals surface area (Å²) in [5.41, 5.74) is 12.9. The Morgan fingerprint density at radius 2 is 0.986 bits per heavy atom. The molecule has 6 heteroatoms. The van der Waals surface area contributed by atoms with Gasteiger partial charge in [0.2, 0.25) is 0 Å². The van der Waals surface area contributed by atoms with Crippen LogP contribution in [0.3, 0.4) is 0 Å². The van der Waals surface area contributed by atoms with Crippen LogP contribution in [0.4, 0.5) is 34.1 Å². The molecule has 348 valence electrons. The molecule has 3 aliphatic carbocycles. The van der Waals surface area contributed by atoms with E-state index in [-0.39, 0.29) is 12.0 Å². The Labute approximate surface area is 419 Å². The lowest BCUT2D eigenvalue weighted by Crippen LogP contribution is -2.28. The fourth-order valence-electron chi connectivity index (χ4n) is 13.2. The molecule has 14 rings (SSSR count). The van der Waals surface area contributed by atoms with Gasteiger partial charge in [0.05, 0.1) is 46.0 Å². The first-order valence-electron chi connectivity index (χ1n) is 26.1. The lowest BCUT2D eigenvalue weighted by molar-refractivity contribution is 0.227. The number of rotatable bonds is 8. The Bertz CT molecular complexity index is 3910. The van der Waals surface area contributed by atoms with E-state index in [0.717, 1.165) is 83.4 Å². The van der Waals surface area contributed by atoms with E-state index in [9.17, 15) is 10.5 Å². The van der Waals surface area contributed by atoms with Crippen LogP contribution in [0.25, 0.3) is 54.3 Å². The van der Waals surface area contributed by atoms with Crippen LogP contribution < -0.4 is 14.5 Å². The molecule has 0 saturated heterocycles. The topological polar surface area (TPSA) is 76.4 Å². The standard InChI is InChI=1S/C66H52N4O2/c67-39-41-23-31-47(32-24-41)69(59-21-9-19-53-51-17-7-15-49(63(51)71-65(53)59)43-11-3-1-4-12-43)57-37-29-45-28-36-56-58(38-30-46-27-35-55(57)61(45)62(46)56)70(48-33-25-42(40-68)26-34-48)60-22-10-20-54-52-18-8-16-50(64(52)72-66(54)60)44-13-5-2-6-14-44/h7-10,15-38,43-44,51,63H,1-6,11-14H2. The van der Waals surface area contributed by atoms with Gasteiger partial charge in [-0.3, -0.25) is 0 Å². The summed E-state index contributed by atoms with van der Waals surface area (Å²) in [6.07, 6.45) is 19.4. The monoisotopic (exact) mass is 932 g/mol. The molecule has 72 heavy (non-hydrogen) atoms. The van der Waals surface area contributed by atoms with Crippen molar-refractivity contribution in [2.24, 2.45) is 5.92 Å². The highest BCUT2D eigenvalue weighted by Crippen LogP contribution is 2.55. The SMILES string of the molecule is N#Cc1ccc(N(c2cccc3c2OC2C(C4CCCCC4)=CC=CC32)c2ccc3ccc4c(N(c5ccc(C#N)cc5)c5cccc6c5oc5c(C7CCCCC7)cccc56)ccc5ccc2c3c54)cc1. The second kappa shape index (κ2) is 17.2. The second-order valence-corrected chi connectivity index (χ2v) is 20.5. The maximum atomic E-state index is 9.94. The van der Waals surface area contributed by atoms with Gasteiger partial charge in [0, 0.05) is 44.4 Å². The fourth-order valence-corrected chi connectivity index (χ4v) is 13.2. The third-order valence-electron chi connectivity index (χ3n) is 16.6. The smallest absolute Gasteiger partial charge is 0.159 e. The van der Waals surface area contributed by atoms with Crippen LogP contribution in [0, 0.1) is 28.6 Å².